The molecule has 1 aromatic carbocycles. The molecule has 1 aromatic rings. The van der Waals surface area contributed by atoms with Crippen molar-refractivity contribution in [2.75, 3.05) is 24.3 Å². The van der Waals surface area contributed by atoms with E-state index in [1.54, 1.807) is 7.05 Å². The monoisotopic (exact) mass is 307 g/mol. The highest BCUT2D eigenvalue weighted by Gasteiger charge is 2.31. The molecule has 114 valence electrons. The van der Waals surface area contributed by atoms with Gasteiger partial charge in [0, 0.05) is 24.3 Å². The molecule has 0 aromatic heterocycles. The second kappa shape index (κ2) is 5.85. The molecule has 3 rings (SSSR count). The van der Waals surface area contributed by atoms with Gasteiger partial charge in [0.15, 0.2) is 0 Å². The molecule has 21 heavy (non-hydrogen) atoms. The van der Waals surface area contributed by atoms with Crippen LogP contribution in [0.5, 0.6) is 0 Å². The van der Waals surface area contributed by atoms with E-state index in [9.17, 15) is 4.79 Å². The van der Waals surface area contributed by atoms with Crippen molar-refractivity contribution in [2.45, 2.75) is 44.2 Å². The molecule has 1 aliphatic carbocycles. The number of carbonyl (C=O) groups excluding carboxylic acids is 1. The summed E-state index contributed by atoms with van der Waals surface area (Å²) >= 11 is 6.48. The van der Waals surface area contributed by atoms with Crippen LogP contribution in [-0.2, 0) is 4.79 Å². The summed E-state index contributed by atoms with van der Waals surface area (Å²) in [5.74, 6) is -0.0129. The van der Waals surface area contributed by atoms with Gasteiger partial charge >= 0.3 is 0 Å². The van der Waals surface area contributed by atoms with Crippen molar-refractivity contribution in [3.8, 4) is 0 Å². The highest BCUT2D eigenvalue weighted by atomic mass is 35.5. The Morgan fingerprint density at radius 1 is 1.29 bits per heavy atom. The van der Waals surface area contributed by atoms with Gasteiger partial charge in [-0.3, -0.25) is 4.79 Å². The molecule has 2 N–H and O–H groups in total. The van der Waals surface area contributed by atoms with Gasteiger partial charge in [-0.05, 0) is 32.0 Å². The van der Waals surface area contributed by atoms with E-state index in [2.05, 4.69) is 22.6 Å². The minimum Gasteiger partial charge on any atom is -0.370 e. The maximum absolute atomic E-state index is 11.9. The summed E-state index contributed by atoms with van der Waals surface area (Å²) in [5, 5.41) is 6.68. The third-order valence-electron chi connectivity index (χ3n) is 4.74. The molecule has 4 nitrogen and oxygen atoms in total. The molecular weight excluding hydrogens is 286 g/mol. The molecule has 1 saturated carbocycles. The van der Waals surface area contributed by atoms with Gasteiger partial charge in [-0.1, -0.05) is 30.9 Å². The molecular formula is C16H22ClN3O. The first-order valence-corrected chi connectivity index (χ1v) is 8.04. The second-order valence-electron chi connectivity index (χ2n) is 6.00. The number of nitrogens with one attached hydrogen (secondary N) is 2. The van der Waals surface area contributed by atoms with Crippen molar-refractivity contribution < 1.29 is 4.79 Å². The average Bonchev–Trinajstić information content (AvgIpc) is 2.81. The van der Waals surface area contributed by atoms with Crippen LogP contribution in [0.15, 0.2) is 12.1 Å². The quantitative estimate of drug-likeness (QED) is 0.900. The maximum atomic E-state index is 11.9. The molecule has 1 aliphatic heterocycles. The van der Waals surface area contributed by atoms with Gasteiger partial charge in [0.05, 0.1) is 10.7 Å². The van der Waals surface area contributed by atoms with Crippen LogP contribution in [-0.4, -0.2) is 26.0 Å². The Morgan fingerprint density at radius 3 is 2.67 bits per heavy atom. The summed E-state index contributed by atoms with van der Waals surface area (Å²) in [6.45, 7) is 0. The molecule has 2 aliphatic rings. The summed E-state index contributed by atoms with van der Waals surface area (Å²) in [4.78, 5) is 14.2. The molecule has 1 atom stereocenters. The number of hydrogen-bond donors (Lipinski definition) is 2. The normalized spacial score (nSPS) is 22.0. The number of benzene rings is 1. The molecule has 0 saturated heterocycles. The Morgan fingerprint density at radius 2 is 2.00 bits per heavy atom. The molecule has 0 bridgehead atoms. The van der Waals surface area contributed by atoms with E-state index in [0.717, 1.165) is 22.0 Å². The molecule has 1 heterocycles. The predicted octanol–water partition coefficient (Wildman–Crippen LogP) is 3.32. The molecule has 1 amide bonds. The van der Waals surface area contributed by atoms with Crippen LogP contribution in [0.3, 0.4) is 0 Å². The standard InChI is InChI=1S/C16H22ClN3O/c1-18-15-11-8-12(17)14(9-13(11)19-16(15)21)20(2)10-6-4-3-5-7-10/h8-10,15,18H,3-7H2,1-2H3,(H,19,21). The fourth-order valence-electron chi connectivity index (χ4n) is 3.49. The fraction of sp³-hybridized carbons (Fsp3) is 0.562. The molecule has 0 spiro atoms. The Kier molecular flexibility index (Phi) is 4.09. The molecule has 1 fully saturated rings. The number of likely N-dealkylation sites (N-methyl/N-ethyl adjacent to an activating group) is 1. The van der Waals surface area contributed by atoms with Crippen LogP contribution in [0.25, 0.3) is 0 Å². The third-order valence-corrected chi connectivity index (χ3v) is 5.04. The Labute approximate surface area is 130 Å². The number of fused-ring (bicyclic) bond motifs is 1. The van der Waals surface area contributed by atoms with Crippen LogP contribution >= 0.6 is 11.6 Å². The number of carbonyl (C=O) groups is 1. The van der Waals surface area contributed by atoms with Crippen LogP contribution in [0.2, 0.25) is 5.02 Å². The first-order chi connectivity index (χ1) is 10.1. The van der Waals surface area contributed by atoms with Gasteiger partial charge in [-0.2, -0.15) is 0 Å². The Hall–Kier alpha value is -1.26. The molecule has 5 heteroatoms. The van der Waals surface area contributed by atoms with Gasteiger partial charge in [0.2, 0.25) is 5.91 Å². The van der Waals surface area contributed by atoms with Crippen LogP contribution in [0.1, 0.15) is 43.7 Å². The number of rotatable bonds is 3. The van der Waals surface area contributed by atoms with Gasteiger partial charge in [-0.15, -0.1) is 0 Å². The Balaban J connectivity index is 1.91. The maximum Gasteiger partial charge on any atom is 0.246 e. The van der Waals surface area contributed by atoms with Crippen LogP contribution in [0, 0.1) is 0 Å². The zero-order chi connectivity index (χ0) is 15.0. The lowest BCUT2D eigenvalue weighted by Gasteiger charge is -2.33. The lowest BCUT2D eigenvalue weighted by Crippen LogP contribution is -2.33. The second-order valence-corrected chi connectivity index (χ2v) is 6.41. The van der Waals surface area contributed by atoms with Crippen molar-refractivity contribution >= 4 is 28.9 Å². The lowest BCUT2D eigenvalue weighted by molar-refractivity contribution is -0.117. The summed E-state index contributed by atoms with van der Waals surface area (Å²) in [6.07, 6.45) is 6.35. The van der Waals surface area contributed by atoms with E-state index in [0.29, 0.717) is 6.04 Å². The SMILES string of the molecule is CNC1C(=O)Nc2cc(N(C)C3CCCCC3)c(Cl)cc21. The first-order valence-electron chi connectivity index (χ1n) is 7.66. The number of halogens is 1. The number of amides is 1. The van der Waals surface area contributed by atoms with Gasteiger partial charge in [-0.25, -0.2) is 0 Å². The van der Waals surface area contributed by atoms with E-state index < -0.39 is 0 Å². The van der Waals surface area contributed by atoms with Crippen molar-refractivity contribution in [1.82, 2.24) is 5.32 Å². The third kappa shape index (κ3) is 2.62. The van der Waals surface area contributed by atoms with E-state index >= 15 is 0 Å². The van der Waals surface area contributed by atoms with Crippen molar-refractivity contribution in [2.24, 2.45) is 0 Å². The van der Waals surface area contributed by atoms with E-state index in [1.807, 2.05) is 12.1 Å². The number of hydrogen-bond acceptors (Lipinski definition) is 3. The van der Waals surface area contributed by atoms with E-state index in [4.69, 9.17) is 11.6 Å². The summed E-state index contributed by atoms with van der Waals surface area (Å²) in [7, 11) is 3.89. The highest BCUT2D eigenvalue weighted by molar-refractivity contribution is 6.33. The van der Waals surface area contributed by atoms with Crippen LogP contribution < -0.4 is 15.5 Å². The zero-order valence-corrected chi connectivity index (χ0v) is 13.3. The van der Waals surface area contributed by atoms with Gasteiger partial charge in [0.1, 0.15) is 6.04 Å². The number of nitrogens with zero attached hydrogens (tertiary/aromatic N) is 1. The smallest absolute Gasteiger partial charge is 0.246 e. The molecule has 0 radical (unpaired) electrons. The zero-order valence-electron chi connectivity index (χ0n) is 12.6. The summed E-state index contributed by atoms with van der Waals surface area (Å²) in [5.41, 5.74) is 2.83. The summed E-state index contributed by atoms with van der Waals surface area (Å²) in [6, 6.07) is 4.18. The predicted molar refractivity (Wildman–Crippen MR) is 87.2 cm³/mol. The van der Waals surface area contributed by atoms with Crippen molar-refractivity contribution in [3.63, 3.8) is 0 Å². The van der Waals surface area contributed by atoms with Crippen molar-refractivity contribution in [3.05, 3.63) is 22.7 Å². The minimum absolute atomic E-state index is 0.0129. The fourth-order valence-corrected chi connectivity index (χ4v) is 3.80. The van der Waals surface area contributed by atoms with Crippen molar-refractivity contribution in [1.29, 1.82) is 0 Å². The van der Waals surface area contributed by atoms with E-state index in [1.165, 1.54) is 32.1 Å². The number of anilines is 2. The highest BCUT2D eigenvalue weighted by Crippen LogP contribution is 2.40. The van der Waals surface area contributed by atoms with Gasteiger partial charge < -0.3 is 15.5 Å². The van der Waals surface area contributed by atoms with Gasteiger partial charge in [0.25, 0.3) is 0 Å². The Bertz CT molecular complexity index is 555. The first kappa shape index (κ1) is 14.7. The minimum atomic E-state index is -0.300. The van der Waals surface area contributed by atoms with Crippen LogP contribution in [0.4, 0.5) is 11.4 Å². The topological polar surface area (TPSA) is 44.4 Å². The largest absolute Gasteiger partial charge is 0.370 e. The average molecular weight is 308 g/mol. The summed E-state index contributed by atoms with van der Waals surface area (Å²) < 4.78 is 0. The lowest BCUT2D eigenvalue weighted by atomic mass is 9.94. The molecule has 1 unspecified atom stereocenters. The van der Waals surface area contributed by atoms with E-state index in [-0.39, 0.29) is 11.9 Å².